The maximum Gasteiger partial charge on any atom is 0.0659 e. The van der Waals surface area contributed by atoms with Gasteiger partial charge in [0.1, 0.15) is 0 Å². The zero-order valence-corrected chi connectivity index (χ0v) is 12.2. The van der Waals surface area contributed by atoms with Gasteiger partial charge < -0.3 is 15.3 Å². The fourth-order valence-electron chi connectivity index (χ4n) is 3.59. The molecule has 2 aliphatic rings. The van der Waals surface area contributed by atoms with Crippen molar-refractivity contribution in [3.8, 4) is 0 Å². The van der Waals surface area contributed by atoms with E-state index in [1.165, 1.54) is 24.9 Å². The highest BCUT2D eigenvalue weighted by molar-refractivity contribution is 5.47. The van der Waals surface area contributed by atoms with Crippen molar-refractivity contribution in [3.63, 3.8) is 0 Å². The van der Waals surface area contributed by atoms with Gasteiger partial charge >= 0.3 is 0 Å². The first kappa shape index (κ1) is 13.9. The Balaban J connectivity index is 1.42. The standard InChI is InChI=1S/C17H26N2O/c20-17(9-4-5-10-17)11-12-18-15-8-13-19(14-15)16-6-2-1-3-7-16/h1-3,6-7,15,18,20H,4-5,8-14H2/t15-/m0/s1. The minimum atomic E-state index is -0.370. The Morgan fingerprint density at radius 2 is 1.95 bits per heavy atom. The van der Waals surface area contributed by atoms with Crippen LogP contribution in [0.5, 0.6) is 0 Å². The van der Waals surface area contributed by atoms with Crippen LogP contribution < -0.4 is 10.2 Å². The van der Waals surface area contributed by atoms with Crippen molar-refractivity contribution in [1.82, 2.24) is 5.32 Å². The molecule has 1 heterocycles. The second-order valence-electron chi connectivity index (χ2n) is 6.40. The van der Waals surface area contributed by atoms with Gasteiger partial charge in [0.15, 0.2) is 0 Å². The lowest BCUT2D eigenvalue weighted by atomic mass is 9.98. The summed E-state index contributed by atoms with van der Waals surface area (Å²) in [6.07, 6.45) is 6.50. The highest BCUT2D eigenvalue weighted by atomic mass is 16.3. The summed E-state index contributed by atoms with van der Waals surface area (Å²) in [4.78, 5) is 2.45. The highest BCUT2D eigenvalue weighted by Gasteiger charge is 2.31. The zero-order chi connectivity index (χ0) is 13.8. The molecule has 1 aliphatic carbocycles. The van der Waals surface area contributed by atoms with Gasteiger partial charge in [0.05, 0.1) is 5.60 Å². The van der Waals surface area contributed by atoms with E-state index in [4.69, 9.17) is 0 Å². The lowest BCUT2D eigenvalue weighted by Gasteiger charge is -2.23. The summed E-state index contributed by atoms with van der Waals surface area (Å²) in [6, 6.07) is 11.2. The fourth-order valence-corrected chi connectivity index (χ4v) is 3.59. The molecule has 0 amide bonds. The van der Waals surface area contributed by atoms with Crippen molar-refractivity contribution >= 4 is 5.69 Å². The molecule has 3 heteroatoms. The Labute approximate surface area is 122 Å². The zero-order valence-electron chi connectivity index (χ0n) is 12.2. The molecule has 1 aromatic carbocycles. The van der Waals surface area contributed by atoms with Crippen LogP contribution in [0.2, 0.25) is 0 Å². The minimum Gasteiger partial charge on any atom is -0.390 e. The Morgan fingerprint density at radius 1 is 1.20 bits per heavy atom. The van der Waals surface area contributed by atoms with Crippen LogP contribution in [0.15, 0.2) is 30.3 Å². The molecule has 1 atom stereocenters. The third-order valence-electron chi connectivity index (χ3n) is 4.87. The van der Waals surface area contributed by atoms with Crippen LogP contribution in [0.4, 0.5) is 5.69 Å². The van der Waals surface area contributed by atoms with Crippen molar-refractivity contribution in [3.05, 3.63) is 30.3 Å². The molecule has 0 aromatic heterocycles. The molecule has 20 heavy (non-hydrogen) atoms. The van der Waals surface area contributed by atoms with Gasteiger partial charge in [0.2, 0.25) is 0 Å². The van der Waals surface area contributed by atoms with E-state index in [1.807, 2.05) is 0 Å². The third kappa shape index (κ3) is 3.33. The monoisotopic (exact) mass is 274 g/mol. The van der Waals surface area contributed by atoms with Gasteiger partial charge in [-0.25, -0.2) is 0 Å². The summed E-state index contributed by atoms with van der Waals surface area (Å²) < 4.78 is 0. The predicted molar refractivity (Wildman–Crippen MR) is 83.1 cm³/mol. The summed E-state index contributed by atoms with van der Waals surface area (Å²) in [5.74, 6) is 0. The van der Waals surface area contributed by atoms with Crippen LogP contribution in [0.1, 0.15) is 38.5 Å². The van der Waals surface area contributed by atoms with Crippen molar-refractivity contribution in [2.45, 2.75) is 50.2 Å². The van der Waals surface area contributed by atoms with Gasteiger partial charge in [-0.3, -0.25) is 0 Å². The lowest BCUT2D eigenvalue weighted by Crippen LogP contribution is -2.37. The maximum atomic E-state index is 10.3. The molecule has 2 N–H and O–H groups in total. The first-order valence-electron chi connectivity index (χ1n) is 8.01. The first-order chi connectivity index (χ1) is 9.75. The molecule has 0 radical (unpaired) electrons. The summed E-state index contributed by atoms with van der Waals surface area (Å²) in [5.41, 5.74) is 0.955. The van der Waals surface area contributed by atoms with Gasteiger partial charge in [-0.1, -0.05) is 31.0 Å². The van der Waals surface area contributed by atoms with Crippen LogP contribution in [-0.2, 0) is 0 Å². The summed E-state index contributed by atoms with van der Waals surface area (Å²) in [5, 5.41) is 14.0. The van der Waals surface area contributed by atoms with Crippen LogP contribution in [-0.4, -0.2) is 36.4 Å². The summed E-state index contributed by atoms with van der Waals surface area (Å²) in [6.45, 7) is 3.16. The molecule has 0 spiro atoms. The van der Waals surface area contributed by atoms with Crippen molar-refractivity contribution in [2.24, 2.45) is 0 Å². The largest absolute Gasteiger partial charge is 0.390 e. The molecule has 1 saturated carbocycles. The van der Waals surface area contributed by atoms with E-state index in [0.717, 1.165) is 38.9 Å². The van der Waals surface area contributed by atoms with Crippen LogP contribution in [0.3, 0.4) is 0 Å². The average Bonchev–Trinajstić information content (AvgIpc) is 3.10. The Morgan fingerprint density at radius 3 is 2.70 bits per heavy atom. The van der Waals surface area contributed by atoms with E-state index in [-0.39, 0.29) is 5.60 Å². The first-order valence-corrected chi connectivity index (χ1v) is 8.01. The van der Waals surface area contributed by atoms with Gasteiger partial charge in [-0.05, 0) is 44.4 Å². The van der Waals surface area contributed by atoms with E-state index in [0.29, 0.717) is 6.04 Å². The normalized spacial score (nSPS) is 25.2. The Kier molecular flexibility index (Phi) is 4.27. The SMILES string of the molecule is OC1(CCN[C@H]2CCN(c3ccccc3)C2)CCCC1. The van der Waals surface area contributed by atoms with Crippen molar-refractivity contribution < 1.29 is 5.11 Å². The number of rotatable bonds is 5. The number of nitrogens with one attached hydrogen (secondary N) is 1. The number of anilines is 1. The Bertz CT molecular complexity index is 414. The average molecular weight is 274 g/mol. The summed E-state index contributed by atoms with van der Waals surface area (Å²) >= 11 is 0. The van der Waals surface area contributed by atoms with Gasteiger partial charge in [-0.2, -0.15) is 0 Å². The van der Waals surface area contributed by atoms with Gasteiger partial charge in [-0.15, -0.1) is 0 Å². The number of benzene rings is 1. The molecule has 3 nitrogen and oxygen atoms in total. The van der Waals surface area contributed by atoms with E-state index < -0.39 is 0 Å². The molecule has 1 aliphatic heterocycles. The highest BCUT2D eigenvalue weighted by Crippen LogP contribution is 2.32. The van der Waals surface area contributed by atoms with Crippen molar-refractivity contribution in [1.29, 1.82) is 0 Å². The molecule has 110 valence electrons. The van der Waals surface area contributed by atoms with E-state index in [9.17, 15) is 5.11 Å². The molecule has 0 unspecified atom stereocenters. The van der Waals surface area contributed by atoms with Crippen LogP contribution >= 0.6 is 0 Å². The molecular formula is C17H26N2O. The number of aliphatic hydroxyl groups is 1. The predicted octanol–water partition coefficient (Wildman–Crippen LogP) is 2.55. The topological polar surface area (TPSA) is 35.5 Å². The van der Waals surface area contributed by atoms with Gasteiger partial charge in [0, 0.05) is 24.8 Å². The molecule has 1 aromatic rings. The molecule has 2 fully saturated rings. The molecular weight excluding hydrogens is 248 g/mol. The molecule has 0 bridgehead atoms. The number of nitrogens with zero attached hydrogens (tertiary/aromatic N) is 1. The molecule has 3 rings (SSSR count). The van der Waals surface area contributed by atoms with Crippen LogP contribution in [0, 0.1) is 0 Å². The number of hydrogen-bond acceptors (Lipinski definition) is 3. The molecule has 1 saturated heterocycles. The van der Waals surface area contributed by atoms with Crippen LogP contribution in [0.25, 0.3) is 0 Å². The Hall–Kier alpha value is -1.06. The van der Waals surface area contributed by atoms with Crippen molar-refractivity contribution in [2.75, 3.05) is 24.5 Å². The number of para-hydroxylation sites is 1. The van der Waals surface area contributed by atoms with E-state index in [2.05, 4.69) is 40.5 Å². The second kappa shape index (κ2) is 6.15. The lowest BCUT2D eigenvalue weighted by molar-refractivity contribution is 0.0386. The maximum absolute atomic E-state index is 10.3. The van der Waals surface area contributed by atoms with E-state index in [1.54, 1.807) is 0 Å². The van der Waals surface area contributed by atoms with Gasteiger partial charge in [0.25, 0.3) is 0 Å². The summed E-state index contributed by atoms with van der Waals surface area (Å²) in [7, 11) is 0. The second-order valence-corrected chi connectivity index (χ2v) is 6.40. The quantitative estimate of drug-likeness (QED) is 0.866. The third-order valence-corrected chi connectivity index (χ3v) is 4.87. The minimum absolute atomic E-state index is 0.370. The fraction of sp³-hybridized carbons (Fsp3) is 0.647. The van der Waals surface area contributed by atoms with E-state index >= 15 is 0 Å². The number of hydrogen-bond donors (Lipinski definition) is 2. The smallest absolute Gasteiger partial charge is 0.0659 e.